The molecule has 1 aliphatic rings. The first kappa shape index (κ1) is 13.6. The summed E-state index contributed by atoms with van der Waals surface area (Å²) in [5.41, 5.74) is 5.02. The average Bonchev–Trinajstić information content (AvgIpc) is 2.90. The normalized spacial score (nSPS) is 12.3. The van der Waals surface area contributed by atoms with Crippen molar-refractivity contribution in [3.05, 3.63) is 90.0 Å². The maximum atomic E-state index is 12.3. The Morgan fingerprint density at radius 3 is 1.87 bits per heavy atom. The van der Waals surface area contributed by atoms with E-state index in [1.165, 1.54) is 0 Å². The minimum absolute atomic E-state index is 0.369. The van der Waals surface area contributed by atoms with Crippen LogP contribution in [0.25, 0.3) is 11.1 Å². The van der Waals surface area contributed by atoms with E-state index in [4.69, 9.17) is 4.74 Å². The van der Waals surface area contributed by atoms with Crippen molar-refractivity contribution < 1.29 is 9.53 Å². The van der Waals surface area contributed by atoms with Crippen molar-refractivity contribution in [1.82, 2.24) is 0 Å². The molecule has 112 valence electrons. The fourth-order valence-corrected chi connectivity index (χ4v) is 3.01. The van der Waals surface area contributed by atoms with E-state index >= 15 is 0 Å². The molecule has 1 amide bonds. The number of ether oxygens (including phenoxy) is 1. The number of amides is 1. The number of hydrogen-bond acceptors (Lipinski definition) is 2. The van der Waals surface area contributed by atoms with Crippen molar-refractivity contribution in [2.24, 2.45) is 0 Å². The van der Waals surface area contributed by atoms with Crippen LogP contribution in [0.3, 0.4) is 0 Å². The summed E-state index contributed by atoms with van der Waals surface area (Å²) in [6.45, 7) is 0. The Morgan fingerprint density at radius 1 is 0.739 bits per heavy atom. The minimum Gasteiger partial charge on any atom is -0.436 e. The average molecular weight is 301 g/mol. The number of hydrogen-bond donors (Lipinski definition) is 1. The van der Waals surface area contributed by atoms with Gasteiger partial charge in [0.1, 0.15) is 0 Å². The summed E-state index contributed by atoms with van der Waals surface area (Å²) in [5, 5.41) is 2.77. The SMILES string of the molecule is O=C(Nc1ccccc1)OC1c2ccccc2-c2ccccc21. The molecule has 0 atom stereocenters. The smallest absolute Gasteiger partial charge is 0.412 e. The number of carbonyl (C=O) groups excluding carboxylic acids is 1. The predicted molar refractivity (Wildman–Crippen MR) is 90.3 cm³/mol. The Bertz CT molecular complexity index is 813. The molecule has 0 saturated carbocycles. The summed E-state index contributed by atoms with van der Waals surface area (Å²) in [4.78, 5) is 12.3. The van der Waals surface area contributed by atoms with Gasteiger partial charge in [0.15, 0.2) is 6.10 Å². The number of rotatable bonds is 2. The molecule has 1 N–H and O–H groups in total. The van der Waals surface area contributed by atoms with Crippen molar-refractivity contribution in [3.63, 3.8) is 0 Å². The molecule has 3 aromatic carbocycles. The summed E-state index contributed by atoms with van der Waals surface area (Å²) in [5.74, 6) is 0. The Labute approximate surface area is 134 Å². The van der Waals surface area contributed by atoms with Gasteiger partial charge in [0.25, 0.3) is 0 Å². The standard InChI is InChI=1S/C20H15NO2/c22-20(21-14-8-2-1-3-9-14)23-19-17-12-6-4-10-15(17)16-11-5-7-13-18(16)19/h1-13,19H,(H,21,22). The Hall–Kier alpha value is -3.07. The van der Waals surface area contributed by atoms with Gasteiger partial charge in [-0.1, -0.05) is 66.7 Å². The Kier molecular flexibility index (Phi) is 3.31. The van der Waals surface area contributed by atoms with E-state index in [1.807, 2.05) is 66.7 Å². The van der Waals surface area contributed by atoms with Crippen molar-refractivity contribution in [3.8, 4) is 11.1 Å². The van der Waals surface area contributed by atoms with E-state index in [2.05, 4.69) is 17.4 Å². The number of anilines is 1. The van der Waals surface area contributed by atoms with Crippen LogP contribution in [0.1, 0.15) is 17.2 Å². The van der Waals surface area contributed by atoms with Crippen LogP contribution in [0, 0.1) is 0 Å². The molecule has 0 aliphatic heterocycles. The zero-order valence-corrected chi connectivity index (χ0v) is 12.4. The van der Waals surface area contributed by atoms with E-state index in [9.17, 15) is 4.79 Å². The molecule has 0 fully saturated rings. The molecular formula is C20H15NO2. The summed E-state index contributed by atoms with van der Waals surface area (Å²) >= 11 is 0. The Morgan fingerprint density at radius 2 is 1.26 bits per heavy atom. The van der Waals surface area contributed by atoms with Gasteiger partial charge in [-0.05, 0) is 23.3 Å². The molecule has 0 aromatic heterocycles. The maximum absolute atomic E-state index is 12.3. The van der Waals surface area contributed by atoms with Crippen LogP contribution in [-0.4, -0.2) is 6.09 Å². The molecule has 0 bridgehead atoms. The van der Waals surface area contributed by atoms with E-state index in [-0.39, 0.29) is 6.10 Å². The quantitative estimate of drug-likeness (QED) is 0.723. The zero-order valence-electron chi connectivity index (χ0n) is 12.4. The van der Waals surface area contributed by atoms with Crippen molar-refractivity contribution >= 4 is 11.8 Å². The van der Waals surface area contributed by atoms with E-state index < -0.39 is 6.09 Å². The van der Waals surface area contributed by atoms with Gasteiger partial charge in [0, 0.05) is 16.8 Å². The van der Waals surface area contributed by atoms with Gasteiger partial charge in [0.05, 0.1) is 0 Å². The molecule has 4 rings (SSSR count). The number of fused-ring (bicyclic) bond motifs is 3. The van der Waals surface area contributed by atoms with Crippen LogP contribution in [0.5, 0.6) is 0 Å². The van der Waals surface area contributed by atoms with Crippen molar-refractivity contribution in [1.29, 1.82) is 0 Å². The molecule has 3 nitrogen and oxygen atoms in total. The van der Waals surface area contributed by atoms with Gasteiger partial charge < -0.3 is 4.74 Å². The van der Waals surface area contributed by atoms with Crippen LogP contribution in [0.2, 0.25) is 0 Å². The highest BCUT2D eigenvalue weighted by Crippen LogP contribution is 2.45. The molecule has 1 aliphatic carbocycles. The molecule has 0 saturated heterocycles. The predicted octanol–water partition coefficient (Wildman–Crippen LogP) is 5.01. The van der Waals surface area contributed by atoms with Gasteiger partial charge in [-0.2, -0.15) is 0 Å². The lowest BCUT2D eigenvalue weighted by atomic mass is 10.1. The molecule has 0 spiro atoms. The van der Waals surface area contributed by atoms with E-state index in [0.717, 1.165) is 27.9 Å². The second-order valence-corrected chi connectivity index (χ2v) is 5.45. The summed E-state index contributed by atoms with van der Waals surface area (Å²) in [7, 11) is 0. The van der Waals surface area contributed by atoms with Gasteiger partial charge in [-0.25, -0.2) is 4.79 Å². The zero-order chi connectivity index (χ0) is 15.6. The molecule has 0 heterocycles. The monoisotopic (exact) mass is 301 g/mol. The molecule has 23 heavy (non-hydrogen) atoms. The number of carbonyl (C=O) groups is 1. The molecule has 0 unspecified atom stereocenters. The van der Waals surface area contributed by atoms with Gasteiger partial charge >= 0.3 is 6.09 Å². The third kappa shape index (κ3) is 2.46. The lowest BCUT2D eigenvalue weighted by Crippen LogP contribution is -2.17. The van der Waals surface area contributed by atoms with Crippen LogP contribution in [0.15, 0.2) is 78.9 Å². The van der Waals surface area contributed by atoms with Gasteiger partial charge in [-0.15, -0.1) is 0 Å². The maximum Gasteiger partial charge on any atom is 0.412 e. The first-order valence-corrected chi connectivity index (χ1v) is 7.54. The second kappa shape index (κ2) is 5.61. The molecular weight excluding hydrogens is 286 g/mol. The first-order valence-electron chi connectivity index (χ1n) is 7.54. The number of nitrogens with one attached hydrogen (secondary N) is 1. The molecule has 3 heteroatoms. The van der Waals surface area contributed by atoms with Crippen molar-refractivity contribution in [2.45, 2.75) is 6.10 Å². The summed E-state index contributed by atoms with van der Waals surface area (Å²) in [6, 6.07) is 25.4. The van der Waals surface area contributed by atoms with Crippen LogP contribution >= 0.6 is 0 Å². The third-order valence-electron chi connectivity index (χ3n) is 4.02. The minimum atomic E-state index is -0.451. The highest BCUT2D eigenvalue weighted by atomic mass is 16.6. The second-order valence-electron chi connectivity index (χ2n) is 5.45. The lowest BCUT2D eigenvalue weighted by molar-refractivity contribution is 0.133. The Balaban J connectivity index is 1.63. The lowest BCUT2D eigenvalue weighted by Gasteiger charge is -2.15. The van der Waals surface area contributed by atoms with Gasteiger partial charge in [0.2, 0.25) is 0 Å². The van der Waals surface area contributed by atoms with Crippen LogP contribution in [0.4, 0.5) is 10.5 Å². The summed E-state index contributed by atoms with van der Waals surface area (Å²) in [6.07, 6.45) is -0.821. The molecule has 0 radical (unpaired) electrons. The topological polar surface area (TPSA) is 38.3 Å². The molecule has 3 aromatic rings. The van der Waals surface area contributed by atoms with Crippen LogP contribution < -0.4 is 5.32 Å². The largest absolute Gasteiger partial charge is 0.436 e. The van der Waals surface area contributed by atoms with Gasteiger partial charge in [-0.3, -0.25) is 5.32 Å². The van der Waals surface area contributed by atoms with E-state index in [0.29, 0.717) is 0 Å². The fourth-order valence-electron chi connectivity index (χ4n) is 3.01. The highest BCUT2D eigenvalue weighted by Gasteiger charge is 2.30. The third-order valence-corrected chi connectivity index (χ3v) is 4.02. The number of para-hydroxylation sites is 1. The summed E-state index contributed by atoms with van der Waals surface area (Å²) < 4.78 is 5.72. The first-order chi connectivity index (χ1) is 11.3. The van der Waals surface area contributed by atoms with Crippen molar-refractivity contribution in [2.75, 3.05) is 5.32 Å². The number of benzene rings is 3. The fraction of sp³-hybridized carbons (Fsp3) is 0.0500. The van der Waals surface area contributed by atoms with E-state index in [1.54, 1.807) is 0 Å². The highest BCUT2D eigenvalue weighted by molar-refractivity contribution is 5.86. The van der Waals surface area contributed by atoms with Crippen LogP contribution in [-0.2, 0) is 4.74 Å².